The number of unbranched alkanes of at least 4 members (excludes halogenated alkanes) is 1. The fourth-order valence-corrected chi connectivity index (χ4v) is 4.71. The van der Waals surface area contributed by atoms with Crippen LogP contribution >= 0.6 is 15.9 Å². The van der Waals surface area contributed by atoms with Crippen molar-refractivity contribution in [3.63, 3.8) is 0 Å². The number of fused-ring (bicyclic) bond motifs is 1. The minimum atomic E-state index is -0.545. The number of nitrogens with one attached hydrogen (secondary N) is 2. The topological polar surface area (TPSA) is 105 Å². The smallest absolute Gasteiger partial charge is 0.243 e. The van der Waals surface area contributed by atoms with Crippen molar-refractivity contribution in [3.8, 4) is 0 Å². The zero-order chi connectivity index (χ0) is 26.6. The lowest BCUT2D eigenvalue weighted by molar-refractivity contribution is -0.138. The van der Waals surface area contributed by atoms with Gasteiger partial charge in [-0.2, -0.15) is 0 Å². The zero-order valence-corrected chi connectivity index (χ0v) is 22.8. The molecule has 0 aromatic heterocycles. The van der Waals surface area contributed by atoms with Crippen LogP contribution in [0.25, 0.3) is 10.8 Å². The molecule has 0 spiro atoms. The van der Waals surface area contributed by atoms with E-state index in [4.69, 9.17) is 5.73 Å². The monoisotopic (exact) mass is 566 g/mol. The highest BCUT2D eigenvalue weighted by Gasteiger charge is 2.34. The molecule has 37 heavy (non-hydrogen) atoms. The third-order valence-corrected chi connectivity index (χ3v) is 6.68. The number of nitrogens with zero attached hydrogens (tertiary/aromatic N) is 1. The molecule has 3 aromatic rings. The Hall–Kier alpha value is -3.23. The largest absolute Gasteiger partial charge is 0.345 e. The molecule has 4 N–H and O–H groups in total. The molecule has 1 aliphatic heterocycles. The molecule has 1 heterocycles. The summed E-state index contributed by atoms with van der Waals surface area (Å²) in [5.74, 6) is -0.682. The van der Waals surface area contributed by atoms with Crippen LogP contribution in [0.1, 0.15) is 38.2 Å². The zero-order valence-electron chi connectivity index (χ0n) is 21.2. The fourth-order valence-electron chi connectivity index (χ4n) is 4.31. The lowest BCUT2D eigenvalue weighted by Crippen LogP contribution is -2.48. The predicted molar refractivity (Wildman–Crippen MR) is 152 cm³/mol. The highest BCUT2D eigenvalue weighted by molar-refractivity contribution is 9.10. The molecule has 0 aliphatic carbocycles. The van der Waals surface area contributed by atoms with Crippen molar-refractivity contribution in [1.82, 2.24) is 10.2 Å². The molecule has 8 heteroatoms. The van der Waals surface area contributed by atoms with E-state index in [0.29, 0.717) is 18.7 Å². The van der Waals surface area contributed by atoms with Gasteiger partial charge in [0, 0.05) is 16.7 Å². The second-order valence-corrected chi connectivity index (χ2v) is 9.89. The minimum absolute atomic E-state index is 0.0717. The molecule has 1 atom stereocenters. The normalized spacial score (nSPS) is 14.6. The standard InChI is InChI=1S/C25H24BrN3O3.C4H11N/c26-19-9-4-10-20(15-19)28-23(30)16-27-25(32)22-12-5-13-29(22)24(31)14-18-8-3-7-17-6-1-2-11-21(17)18;1-2-3-4-5/h1-4,6-11,15,22H,5,12-14,16H2,(H,27,32)(H,28,30);2-5H2,1H3. The molecule has 1 saturated heterocycles. The highest BCUT2D eigenvalue weighted by atomic mass is 79.9. The number of rotatable bonds is 8. The number of nitrogens with two attached hydrogens (primary N) is 1. The molecule has 1 fully saturated rings. The third kappa shape index (κ3) is 8.40. The van der Waals surface area contributed by atoms with E-state index in [9.17, 15) is 14.4 Å². The van der Waals surface area contributed by atoms with Gasteiger partial charge in [-0.25, -0.2) is 0 Å². The molecule has 1 aliphatic rings. The van der Waals surface area contributed by atoms with Gasteiger partial charge in [0.15, 0.2) is 0 Å². The summed E-state index contributed by atoms with van der Waals surface area (Å²) >= 11 is 3.36. The average Bonchev–Trinajstić information content (AvgIpc) is 3.39. The van der Waals surface area contributed by atoms with Gasteiger partial charge in [0.2, 0.25) is 17.7 Å². The molecular formula is C29H35BrN4O3. The molecule has 0 radical (unpaired) electrons. The number of likely N-dealkylation sites (tertiary alicyclic amines) is 1. The minimum Gasteiger partial charge on any atom is -0.345 e. The Bertz CT molecular complexity index is 1210. The number of halogens is 1. The van der Waals surface area contributed by atoms with Gasteiger partial charge in [0.05, 0.1) is 13.0 Å². The number of hydrogen-bond donors (Lipinski definition) is 3. The van der Waals surface area contributed by atoms with E-state index >= 15 is 0 Å². The van der Waals surface area contributed by atoms with Crippen LogP contribution in [0.2, 0.25) is 0 Å². The first kappa shape index (κ1) is 28.3. The van der Waals surface area contributed by atoms with Crippen molar-refractivity contribution in [3.05, 3.63) is 76.8 Å². The molecule has 0 bridgehead atoms. The van der Waals surface area contributed by atoms with Crippen LogP contribution in [0.5, 0.6) is 0 Å². The molecule has 1 unspecified atom stereocenters. The van der Waals surface area contributed by atoms with E-state index < -0.39 is 6.04 Å². The summed E-state index contributed by atoms with van der Waals surface area (Å²) in [4.78, 5) is 39.6. The maximum atomic E-state index is 13.0. The summed E-state index contributed by atoms with van der Waals surface area (Å²) in [5, 5.41) is 7.57. The van der Waals surface area contributed by atoms with E-state index in [1.807, 2.05) is 54.6 Å². The van der Waals surface area contributed by atoms with E-state index in [0.717, 1.165) is 33.8 Å². The second kappa shape index (κ2) is 14.5. The number of carbonyl (C=O) groups is 3. The van der Waals surface area contributed by atoms with Crippen LogP contribution in [-0.4, -0.2) is 48.3 Å². The summed E-state index contributed by atoms with van der Waals surface area (Å²) in [6.45, 7) is 3.38. The van der Waals surface area contributed by atoms with Gasteiger partial charge in [0.25, 0.3) is 0 Å². The molecule has 7 nitrogen and oxygen atoms in total. The Kier molecular flexibility index (Phi) is 11.1. The van der Waals surface area contributed by atoms with Gasteiger partial charge in [0.1, 0.15) is 6.04 Å². The van der Waals surface area contributed by atoms with Crippen molar-refractivity contribution in [1.29, 1.82) is 0 Å². The van der Waals surface area contributed by atoms with Crippen LogP contribution < -0.4 is 16.4 Å². The van der Waals surface area contributed by atoms with E-state index in [1.54, 1.807) is 17.0 Å². The lowest BCUT2D eigenvalue weighted by atomic mass is 10.0. The van der Waals surface area contributed by atoms with Crippen LogP contribution in [0, 0.1) is 0 Å². The number of amides is 3. The van der Waals surface area contributed by atoms with Gasteiger partial charge < -0.3 is 21.3 Å². The molecule has 0 saturated carbocycles. The van der Waals surface area contributed by atoms with Crippen LogP contribution in [0.15, 0.2) is 71.2 Å². The van der Waals surface area contributed by atoms with Gasteiger partial charge in [-0.3, -0.25) is 14.4 Å². The van der Waals surface area contributed by atoms with E-state index in [2.05, 4.69) is 33.5 Å². The lowest BCUT2D eigenvalue weighted by Gasteiger charge is -2.24. The van der Waals surface area contributed by atoms with Crippen molar-refractivity contribution in [2.24, 2.45) is 5.73 Å². The predicted octanol–water partition coefficient (Wildman–Crippen LogP) is 4.64. The summed E-state index contributed by atoms with van der Waals surface area (Å²) < 4.78 is 0.852. The molecule has 3 aromatic carbocycles. The molecule has 196 valence electrons. The maximum absolute atomic E-state index is 13.0. The first-order chi connectivity index (χ1) is 17.9. The van der Waals surface area contributed by atoms with Gasteiger partial charge in [-0.15, -0.1) is 0 Å². The quantitative estimate of drug-likeness (QED) is 0.369. The van der Waals surface area contributed by atoms with Crippen molar-refractivity contribution in [2.45, 2.75) is 45.1 Å². The Labute approximate surface area is 226 Å². The molecule has 3 amide bonds. The first-order valence-corrected chi connectivity index (χ1v) is 13.5. The summed E-state index contributed by atoms with van der Waals surface area (Å²) in [6.07, 6.45) is 4.00. The van der Waals surface area contributed by atoms with Crippen LogP contribution in [0.3, 0.4) is 0 Å². The van der Waals surface area contributed by atoms with Crippen molar-refractivity contribution < 1.29 is 14.4 Å². The Morgan fingerprint density at radius 2 is 1.81 bits per heavy atom. The summed E-state index contributed by atoms with van der Waals surface area (Å²) in [6, 6.07) is 20.6. The Morgan fingerprint density at radius 3 is 2.54 bits per heavy atom. The van der Waals surface area contributed by atoms with Crippen molar-refractivity contribution in [2.75, 3.05) is 25.0 Å². The number of carbonyl (C=O) groups excluding carboxylic acids is 3. The summed E-state index contributed by atoms with van der Waals surface area (Å²) in [7, 11) is 0. The summed E-state index contributed by atoms with van der Waals surface area (Å²) in [5.41, 5.74) is 6.74. The van der Waals surface area contributed by atoms with Gasteiger partial charge in [-0.1, -0.05) is 77.8 Å². The number of benzene rings is 3. The Morgan fingerprint density at radius 1 is 1.05 bits per heavy atom. The van der Waals surface area contributed by atoms with Gasteiger partial charge >= 0.3 is 0 Å². The van der Waals surface area contributed by atoms with Crippen molar-refractivity contribution >= 4 is 50.1 Å². The third-order valence-electron chi connectivity index (χ3n) is 6.19. The fraction of sp³-hybridized carbons (Fsp3) is 0.345. The molecule has 4 rings (SSSR count). The highest BCUT2D eigenvalue weighted by Crippen LogP contribution is 2.23. The number of anilines is 1. The number of hydrogen-bond acceptors (Lipinski definition) is 4. The Balaban J connectivity index is 0.000000695. The van der Waals surface area contributed by atoms with Crippen LogP contribution in [0.4, 0.5) is 5.69 Å². The van der Waals surface area contributed by atoms with E-state index in [1.165, 1.54) is 12.8 Å². The van der Waals surface area contributed by atoms with E-state index in [-0.39, 0.29) is 30.7 Å². The SMILES string of the molecule is CCCCN.O=C(CNC(=O)C1CCCN1C(=O)Cc1cccc2ccccc12)Nc1cccc(Br)c1. The maximum Gasteiger partial charge on any atom is 0.243 e. The molecular weight excluding hydrogens is 532 g/mol. The van der Waals surface area contributed by atoms with Gasteiger partial charge in [-0.05, 0) is 60.3 Å². The second-order valence-electron chi connectivity index (χ2n) is 8.98. The van der Waals surface area contributed by atoms with Crippen LogP contribution in [-0.2, 0) is 20.8 Å². The average molecular weight is 568 g/mol. The first-order valence-electron chi connectivity index (χ1n) is 12.7.